The Kier molecular flexibility index (Phi) is 6.00. The van der Waals surface area contributed by atoms with Gasteiger partial charge < -0.3 is 15.4 Å². The van der Waals surface area contributed by atoms with Crippen LogP contribution in [-0.4, -0.2) is 30.4 Å². The van der Waals surface area contributed by atoms with Crippen molar-refractivity contribution in [2.24, 2.45) is 5.92 Å². The van der Waals surface area contributed by atoms with E-state index < -0.39 is 53.6 Å². The van der Waals surface area contributed by atoms with Gasteiger partial charge in [-0.3, -0.25) is 14.4 Å². The lowest BCUT2D eigenvalue weighted by Gasteiger charge is -2.24. The number of hydrogen-bond acceptors (Lipinski definition) is 4. The third-order valence-electron chi connectivity index (χ3n) is 3.83. The van der Waals surface area contributed by atoms with E-state index in [-0.39, 0.29) is 5.92 Å². The van der Waals surface area contributed by atoms with E-state index in [1.807, 2.05) is 5.32 Å². The number of nitrogens with one attached hydrogen (secondary N) is 2. The minimum atomic E-state index is -1.71. The van der Waals surface area contributed by atoms with Crippen molar-refractivity contribution in [3.8, 4) is 0 Å². The van der Waals surface area contributed by atoms with Gasteiger partial charge in [-0.2, -0.15) is 0 Å². The topological polar surface area (TPSA) is 84.5 Å². The van der Waals surface area contributed by atoms with Crippen molar-refractivity contribution >= 4 is 23.5 Å². The number of anilines is 1. The van der Waals surface area contributed by atoms with Crippen LogP contribution in [0.2, 0.25) is 0 Å². The van der Waals surface area contributed by atoms with Crippen LogP contribution in [0.25, 0.3) is 0 Å². The Bertz CT molecular complexity index is 692. The molecule has 0 radical (unpaired) electrons. The standard InChI is InChI=1S/C16H17F3N2O4/c1-8(25-16(24)9-3-2-4-9)15(23)20-7-12(22)21-11-6-5-10(17)13(18)14(11)19/h5-6,8-9H,2-4,7H2,1H3,(H,20,23)(H,21,22)/t8-/m0/s1. The molecule has 0 bridgehead atoms. The van der Waals surface area contributed by atoms with Gasteiger partial charge in [0.2, 0.25) is 5.91 Å². The molecule has 1 fully saturated rings. The van der Waals surface area contributed by atoms with Crippen LogP contribution in [0.1, 0.15) is 26.2 Å². The molecular formula is C16H17F3N2O4. The van der Waals surface area contributed by atoms with Crippen LogP contribution in [0.15, 0.2) is 12.1 Å². The van der Waals surface area contributed by atoms with E-state index >= 15 is 0 Å². The van der Waals surface area contributed by atoms with E-state index in [9.17, 15) is 27.6 Å². The highest BCUT2D eigenvalue weighted by molar-refractivity contribution is 5.95. The van der Waals surface area contributed by atoms with Crippen molar-refractivity contribution in [2.45, 2.75) is 32.3 Å². The molecule has 0 heterocycles. The molecule has 1 aromatic carbocycles. The smallest absolute Gasteiger partial charge is 0.309 e. The summed E-state index contributed by atoms with van der Waals surface area (Å²) in [6.45, 7) is 0.807. The third kappa shape index (κ3) is 4.71. The Morgan fingerprint density at radius 3 is 2.48 bits per heavy atom. The lowest BCUT2D eigenvalue weighted by molar-refractivity contribution is -0.161. The molecular weight excluding hydrogens is 341 g/mol. The Morgan fingerprint density at radius 2 is 1.88 bits per heavy atom. The van der Waals surface area contributed by atoms with Crippen molar-refractivity contribution in [1.82, 2.24) is 5.32 Å². The fourth-order valence-electron chi connectivity index (χ4n) is 2.10. The van der Waals surface area contributed by atoms with Crippen molar-refractivity contribution in [2.75, 3.05) is 11.9 Å². The van der Waals surface area contributed by atoms with Crippen molar-refractivity contribution in [3.63, 3.8) is 0 Å². The molecule has 1 atom stereocenters. The predicted molar refractivity (Wildman–Crippen MR) is 80.9 cm³/mol. The van der Waals surface area contributed by atoms with Crippen molar-refractivity contribution < 1.29 is 32.3 Å². The van der Waals surface area contributed by atoms with Crippen molar-refractivity contribution in [1.29, 1.82) is 0 Å². The van der Waals surface area contributed by atoms with Gasteiger partial charge in [0.1, 0.15) is 0 Å². The number of halogens is 3. The summed E-state index contributed by atoms with van der Waals surface area (Å²) >= 11 is 0. The highest BCUT2D eigenvalue weighted by Crippen LogP contribution is 2.27. The summed E-state index contributed by atoms with van der Waals surface area (Å²) < 4.78 is 44.3. The first-order chi connectivity index (χ1) is 11.8. The largest absolute Gasteiger partial charge is 0.452 e. The molecule has 136 valence electrons. The maximum Gasteiger partial charge on any atom is 0.309 e. The molecule has 0 saturated heterocycles. The third-order valence-corrected chi connectivity index (χ3v) is 3.83. The van der Waals surface area contributed by atoms with Gasteiger partial charge in [0.05, 0.1) is 18.2 Å². The summed E-state index contributed by atoms with van der Waals surface area (Å²) in [4.78, 5) is 35.1. The van der Waals surface area contributed by atoms with Gasteiger partial charge in [-0.15, -0.1) is 0 Å². The number of carbonyl (C=O) groups excluding carboxylic acids is 3. The molecule has 9 heteroatoms. The molecule has 2 amide bonds. The van der Waals surface area contributed by atoms with Crippen LogP contribution in [0.5, 0.6) is 0 Å². The van der Waals surface area contributed by atoms with Crippen LogP contribution >= 0.6 is 0 Å². The molecule has 1 aliphatic carbocycles. The number of carbonyl (C=O) groups is 3. The first kappa shape index (κ1) is 18.8. The average Bonchev–Trinajstić information content (AvgIpc) is 2.51. The summed E-state index contributed by atoms with van der Waals surface area (Å²) in [5.41, 5.74) is -0.553. The molecule has 1 aliphatic rings. The van der Waals surface area contributed by atoms with Crippen LogP contribution in [0.4, 0.5) is 18.9 Å². The van der Waals surface area contributed by atoms with Gasteiger partial charge >= 0.3 is 5.97 Å². The van der Waals surface area contributed by atoms with E-state index in [1.54, 1.807) is 0 Å². The van der Waals surface area contributed by atoms with E-state index in [0.717, 1.165) is 25.3 Å². The molecule has 2 N–H and O–H groups in total. The Labute approximate surface area is 141 Å². The number of rotatable bonds is 6. The Morgan fingerprint density at radius 1 is 1.20 bits per heavy atom. The molecule has 1 aromatic rings. The van der Waals surface area contributed by atoms with Gasteiger partial charge in [0.25, 0.3) is 5.91 Å². The zero-order valence-corrected chi connectivity index (χ0v) is 13.4. The number of benzene rings is 1. The normalized spacial score (nSPS) is 15.0. The van der Waals surface area contributed by atoms with Crippen LogP contribution in [0.3, 0.4) is 0 Å². The van der Waals surface area contributed by atoms with Gasteiger partial charge in [-0.05, 0) is 31.9 Å². The first-order valence-corrected chi connectivity index (χ1v) is 7.71. The zero-order valence-electron chi connectivity index (χ0n) is 13.4. The summed E-state index contributed by atoms with van der Waals surface area (Å²) in [6, 6.07) is 1.52. The fraction of sp³-hybridized carbons (Fsp3) is 0.438. The number of hydrogen-bond donors (Lipinski definition) is 2. The van der Waals surface area contributed by atoms with E-state index in [4.69, 9.17) is 4.74 Å². The predicted octanol–water partition coefficient (Wildman–Crippen LogP) is 1.89. The van der Waals surface area contributed by atoms with Gasteiger partial charge in [-0.25, -0.2) is 13.2 Å². The maximum atomic E-state index is 13.4. The molecule has 2 rings (SSSR count). The molecule has 0 unspecified atom stereocenters. The van der Waals surface area contributed by atoms with Crippen molar-refractivity contribution in [3.05, 3.63) is 29.6 Å². The lowest BCUT2D eigenvalue weighted by atomic mass is 9.86. The highest BCUT2D eigenvalue weighted by Gasteiger charge is 2.29. The number of amides is 2. The lowest BCUT2D eigenvalue weighted by Crippen LogP contribution is -2.41. The van der Waals surface area contributed by atoms with Crippen LogP contribution < -0.4 is 10.6 Å². The van der Waals surface area contributed by atoms with Crippen LogP contribution in [0, 0.1) is 23.4 Å². The first-order valence-electron chi connectivity index (χ1n) is 7.71. The van der Waals surface area contributed by atoms with E-state index in [2.05, 4.69) is 5.32 Å². The van der Waals surface area contributed by atoms with E-state index in [1.165, 1.54) is 6.92 Å². The SMILES string of the molecule is C[C@H](OC(=O)C1CCC1)C(=O)NCC(=O)Nc1ccc(F)c(F)c1F. The monoisotopic (exact) mass is 358 g/mol. The minimum absolute atomic E-state index is 0.185. The number of ether oxygens (including phenoxy) is 1. The van der Waals surface area contributed by atoms with Gasteiger partial charge in [-0.1, -0.05) is 6.42 Å². The summed E-state index contributed by atoms with van der Waals surface area (Å²) in [6.07, 6.45) is 1.33. The maximum absolute atomic E-state index is 13.4. The molecule has 6 nitrogen and oxygen atoms in total. The van der Waals surface area contributed by atoms with Gasteiger partial charge in [0, 0.05) is 0 Å². The molecule has 1 saturated carbocycles. The molecule has 0 aliphatic heterocycles. The second-order valence-corrected chi connectivity index (χ2v) is 5.70. The minimum Gasteiger partial charge on any atom is -0.452 e. The zero-order chi connectivity index (χ0) is 18.6. The Balaban J connectivity index is 1.80. The molecule has 0 spiro atoms. The average molecular weight is 358 g/mol. The second-order valence-electron chi connectivity index (χ2n) is 5.70. The molecule has 25 heavy (non-hydrogen) atoms. The number of esters is 1. The van der Waals surface area contributed by atoms with Crippen LogP contribution in [-0.2, 0) is 19.1 Å². The molecule has 0 aromatic heterocycles. The second kappa shape index (κ2) is 8.00. The van der Waals surface area contributed by atoms with E-state index in [0.29, 0.717) is 6.07 Å². The fourth-order valence-corrected chi connectivity index (χ4v) is 2.10. The summed E-state index contributed by atoms with van der Waals surface area (Å²) in [7, 11) is 0. The quantitative estimate of drug-likeness (QED) is 0.601. The van der Waals surface area contributed by atoms with Gasteiger partial charge in [0.15, 0.2) is 23.6 Å². The summed E-state index contributed by atoms with van der Waals surface area (Å²) in [5, 5.41) is 4.22. The highest BCUT2D eigenvalue weighted by atomic mass is 19.2. The summed E-state index contributed by atoms with van der Waals surface area (Å²) in [5.74, 6) is -6.83. The Hall–Kier alpha value is -2.58.